The summed E-state index contributed by atoms with van der Waals surface area (Å²) in [5.41, 5.74) is 0. The van der Waals surface area contributed by atoms with Crippen molar-refractivity contribution in [2.45, 2.75) is 135 Å². The van der Waals surface area contributed by atoms with Crippen molar-refractivity contribution < 1.29 is 28.2 Å². The van der Waals surface area contributed by atoms with Gasteiger partial charge in [0.1, 0.15) is 18.8 Å². The third kappa shape index (κ3) is 4.29. The van der Waals surface area contributed by atoms with Gasteiger partial charge >= 0.3 is 0 Å². The second-order valence-corrected chi connectivity index (χ2v) is 89.7. The number of ether oxygens (including phenoxy) is 3. The second kappa shape index (κ2) is 8.89. The first-order chi connectivity index (χ1) is 15.7. The van der Waals surface area contributed by atoms with E-state index in [1.807, 2.05) is 13.8 Å². The number of hydrogen-bond acceptors (Lipinski definition) is 6. The van der Waals surface area contributed by atoms with E-state index in [1.54, 1.807) is 0 Å². The number of fused-ring (bicyclic) bond motifs is 1. The Kier molecular flexibility index (Phi) is 7.85. The molecule has 3 fully saturated rings. The molecule has 3 saturated heterocycles. The molecule has 0 radical (unpaired) electrons. The molecule has 3 aliphatic heterocycles. The van der Waals surface area contributed by atoms with Crippen molar-refractivity contribution in [1.82, 2.24) is 0 Å². The Balaban J connectivity index is 2.39. The summed E-state index contributed by atoms with van der Waals surface area (Å²) in [4.78, 5) is 0. The van der Waals surface area contributed by atoms with Crippen LogP contribution in [0.25, 0.3) is 0 Å². The maximum atomic E-state index is 12.1. The zero-order chi connectivity index (χ0) is 28.2. The molecule has 0 aromatic rings. The van der Waals surface area contributed by atoms with E-state index in [4.69, 9.17) is 23.1 Å². The Bertz CT molecular complexity index is 827. The molecule has 0 unspecified atom stereocenters. The standard InChI is InChI=1S/C23H56O6Si7/c1-22(2)26-18-23(29-22)21(24)20-19(17-25-23)27-35(30(3,4)5,31(6,7)8)34(15,16)36(28-20,32(9,10)11)33(12,13)14/h19-21,24H,17-18H2,1-16H3/t19-,20-,21+,23+/m1/s1. The summed E-state index contributed by atoms with van der Waals surface area (Å²) in [6, 6.07) is 0. The summed E-state index contributed by atoms with van der Waals surface area (Å²) in [5, 5.41) is 12.1. The zero-order valence-electron chi connectivity index (χ0n) is 26.1. The minimum absolute atomic E-state index is 0.216. The lowest BCUT2D eigenvalue weighted by molar-refractivity contribution is -0.332. The SMILES string of the molecule is CC1(C)OC[C@]2(OC[C@H]3O[Si]([Si](C)(C)C)([Si](C)(C)C)[Si](C)(C)[Si]([Si](C)(C)C)([Si](C)(C)C)O[C@H]3[C@@H]2O)O1. The molecule has 6 nitrogen and oxygen atoms in total. The van der Waals surface area contributed by atoms with Crippen molar-refractivity contribution in [1.29, 1.82) is 0 Å². The first-order valence-corrected chi connectivity index (χ1v) is 40.6. The smallest absolute Gasteiger partial charge is 0.224 e. The van der Waals surface area contributed by atoms with Gasteiger partial charge < -0.3 is 28.2 Å². The van der Waals surface area contributed by atoms with E-state index in [2.05, 4.69) is 91.7 Å². The summed E-state index contributed by atoms with van der Waals surface area (Å²) >= 11 is 0. The van der Waals surface area contributed by atoms with E-state index in [0.717, 1.165) is 0 Å². The van der Waals surface area contributed by atoms with E-state index < -0.39 is 75.0 Å². The average molecular weight is 625 g/mol. The van der Waals surface area contributed by atoms with Crippen LogP contribution in [-0.4, -0.2) is 99.4 Å². The highest BCUT2D eigenvalue weighted by molar-refractivity contribution is 8.08. The number of aliphatic hydroxyl groups excluding tert-OH is 1. The molecule has 212 valence electrons. The van der Waals surface area contributed by atoms with Gasteiger partial charge in [-0.1, -0.05) is 91.7 Å². The predicted octanol–water partition coefficient (Wildman–Crippen LogP) is 5.06. The summed E-state index contributed by atoms with van der Waals surface area (Å²) < 4.78 is 34.4. The van der Waals surface area contributed by atoms with Gasteiger partial charge in [0.15, 0.2) is 19.5 Å². The molecular formula is C23H56O6Si7. The van der Waals surface area contributed by atoms with Crippen LogP contribution in [0.2, 0.25) is 91.7 Å². The van der Waals surface area contributed by atoms with Gasteiger partial charge in [0, 0.05) is 0 Å². The Morgan fingerprint density at radius 1 is 0.694 bits per heavy atom. The highest BCUT2D eigenvalue weighted by Crippen LogP contribution is 2.53. The number of hydrogen-bond donors (Lipinski definition) is 1. The normalized spacial score (nSPS) is 36.4. The highest BCUT2D eigenvalue weighted by atomic mass is 30.2. The third-order valence-corrected chi connectivity index (χ3v) is 152. The Morgan fingerprint density at radius 2 is 1.11 bits per heavy atom. The molecular weight excluding hydrogens is 569 g/mol. The molecule has 0 saturated carbocycles. The van der Waals surface area contributed by atoms with Gasteiger partial charge in [-0.25, -0.2) is 0 Å². The van der Waals surface area contributed by atoms with Crippen molar-refractivity contribution in [2.75, 3.05) is 13.2 Å². The van der Waals surface area contributed by atoms with E-state index in [9.17, 15) is 5.11 Å². The van der Waals surface area contributed by atoms with Crippen LogP contribution in [0.5, 0.6) is 0 Å². The minimum atomic E-state index is -2.36. The molecule has 3 heterocycles. The molecule has 3 rings (SSSR count). The quantitative estimate of drug-likeness (QED) is 0.441. The van der Waals surface area contributed by atoms with Crippen LogP contribution in [0.15, 0.2) is 0 Å². The molecule has 0 bridgehead atoms. The molecule has 4 atom stereocenters. The maximum absolute atomic E-state index is 12.1. The first-order valence-electron chi connectivity index (χ1n) is 13.7. The van der Waals surface area contributed by atoms with E-state index in [-0.39, 0.29) is 12.7 Å². The molecule has 0 amide bonds. The molecule has 3 aliphatic rings. The van der Waals surface area contributed by atoms with E-state index in [1.165, 1.54) is 0 Å². The fourth-order valence-electron chi connectivity index (χ4n) is 9.75. The van der Waals surface area contributed by atoms with Gasteiger partial charge in [0.05, 0.1) is 50.2 Å². The van der Waals surface area contributed by atoms with Crippen LogP contribution >= 0.6 is 0 Å². The van der Waals surface area contributed by atoms with Crippen molar-refractivity contribution in [3.8, 4) is 0 Å². The summed E-state index contributed by atoms with van der Waals surface area (Å²) in [5.74, 6) is -1.99. The van der Waals surface area contributed by atoms with Crippen LogP contribution in [0, 0.1) is 0 Å². The van der Waals surface area contributed by atoms with E-state index >= 15 is 0 Å². The van der Waals surface area contributed by atoms with Crippen LogP contribution in [0.4, 0.5) is 0 Å². The fourth-order valence-corrected chi connectivity index (χ4v) is 258. The molecule has 0 aliphatic carbocycles. The maximum Gasteiger partial charge on any atom is 0.224 e. The largest absolute Gasteiger partial charge is 0.418 e. The summed E-state index contributed by atoms with van der Waals surface area (Å²) in [6.45, 7) is 36.3. The number of rotatable bonds is 4. The number of aliphatic hydroxyl groups is 1. The van der Waals surface area contributed by atoms with E-state index in [0.29, 0.717) is 6.61 Å². The van der Waals surface area contributed by atoms with Gasteiger partial charge in [-0.3, -0.25) is 0 Å². The molecule has 1 N–H and O–H groups in total. The third-order valence-electron chi connectivity index (χ3n) is 9.29. The van der Waals surface area contributed by atoms with Gasteiger partial charge in [-0.2, -0.15) is 0 Å². The van der Waals surface area contributed by atoms with Crippen molar-refractivity contribution in [3.63, 3.8) is 0 Å². The lowest BCUT2D eigenvalue weighted by atomic mass is 9.97. The zero-order valence-corrected chi connectivity index (χ0v) is 33.1. The Labute approximate surface area is 227 Å². The molecule has 0 aromatic heterocycles. The minimum Gasteiger partial charge on any atom is -0.418 e. The second-order valence-electron chi connectivity index (χ2n) is 16.6. The van der Waals surface area contributed by atoms with Gasteiger partial charge in [-0.15, -0.1) is 0 Å². The van der Waals surface area contributed by atoms with Crippen molar-refractivity contribution in [2.24, 2.45) is 0 Å². The molecule has 13 heteroatoms. The Morgan fingerprint density at radius 3 is 1.47 bits per heavy atom. The molecule has 0 aromatic carbocycles. The van der Waals surface area contributed by atoms with Gasteiger partial charge in [0.2, 0.25) is 5.79 Å². The monoisotopic (exact) mass is 624 g/mol. The Hall–Kier alpha value is 1.28. The van der Waals surface area contributed by atoms with Crippen LogP contribution in [0.1, 0.15) is 13.8 Å². The molecule has 36 heavy (non-hydrogen) atoms. The van der Waals surface area contributed by atoms with Gasteiger partial charge in [0.25, 0.3) is 0 Å². The lowest BCUT2D eigenvalue weighted by Gasteiger charge is -2.65. The van der Waals surface area contributed by atoms with Crippen LogP contribution in [0.3, 0.4) is 0 Å². The lowest BCUT2D eigenvalue weighted by Crippen LogP contribution is -2.98. The van der Waals surface area contributed by atoms with Gasteiger partial charge in [-0.05, 0) is 13.8 Å². The average Bonchev–Trinajstić information content (AvgIpc) is 2.86. The van der Waals surface area contributed by atoms with Crippen LogP contribution in [-0.2, 0) is 23.1 Å². The highest BCUT2D eigenvalue weighted by Gasteiger charge is 2.81. The van der Waals surface area contributed by atoms with Crippen molar-refractivity contribution >= 4 is 51.2 Å². The summed E-state index contributed by atoms with van der Waals surface area (Å²) in [7, 11) is -9.29. The topological polar surface area (TPSA) is 66.4 Å². The first kappa shape index (κ1) is 31.8. The fraction of sp³-hybridized carbons (Fsp3) is 1.00. The van der Waals surface area contributed by atoms with Crippen molar-refractivity contribution in [3.05, 3.63) is 0 Å². The van der Waals surface area contributed by atoms with Crippen LogP contribution < -0.4 is 0 Å². The molecule has 1 spiro atoms. The predicted molar refractivity (Wildman–Crippen MR) is 168 cm³/mol. The summed E-state index contributed by atoms with van der Waals surface area (Å²) in [6.07, 6.45) is -1.59.